The number of aromatic nitrogens is 1. The Balaban J connectivity index is 1.48. The molecule has 1 amide bonds. The summed E-state index contributed by atoms with van der Waals surface area (Å²) in [7, 11) is 1.72. The maximum atomic E-state index is 12.2. The molecule has 6 heteroatoms. The number of ether oxygens (including phenoxy) is 2. The summed E-state index contributed by atoms with van der Waals surface area (Å²) in [5.41, 5.74) is 0. The number of amides is 1. The van der Waals surface area contributed by atoms with Gasteiger partial charge in [0.1, 0.15) is 23.0 Å². The van der Waals surface area contributed by atoms with Crippen LogP contribution in [0.5, 0.6) is 17.4 Å². The van der Waals surface area contributed by atoms with Gasteiger partial charge in [-0.1, -0.05) is 6.07 Å². The Morgan fingerprint density at radius 3 is 2.50 bits per heavy atom. The summed E-state index contributed by atoms with van der Waals surface area (Å²) in [6.45, 7) is 2.24. The first-order valence-electron chi connectivity index (χ1n) is 8.21. The van der Waals surface area contributed by atoms with Gasteiger partial charge in [0, 0.05) is 19.3 Å². The maximum Gasteiger partial charge on any atom is 0.260 e. The summed E-state index contributed by atoms with van der Waals surface area (Å²) in [5.74, 6) is 3.19. The van der Waals surface area contributed by atoms with E-state index in [4.69, 9.17) is 13.9 Å². The van der Waals surface area contributed by atoms with Crippen LogP contribution in [0.15, 0.2) is 65.2 Å². The first-order valence-corrected chi connectivity index (χ1v) is 8.21. The van der Waals surface area contributed by atoms with Crippen molar-refractivity contribution in [1.29, 1.82) is 0 Å². The Morgan fingerprint density at radius 1 is 1.08 bits per heavy atom. The number of nitrogens with zero attached hydrogens (tertiary/aromatic N) is 2. The van der Waals surface area contributed by atoms with E-state index in [0.717, 1.165) is 11.5 Å². The Labute approximate surface area is 152 Å². The largest absolute Gasteiger partial charge is 0.484 e. The second kappa shape index (κ2) is 8.20. The van der Waals surface area contributed by atoms with Gasteiger partial charge in [0.05, 0.1) is 6.54 Å². The minimum atomic E-state index is -0.132. The Hall–Kier alpha value is -3.28. The highest BCUT2D eigenvalue weighted by molar-refractivity contribution is 5.77. The zero-order valence-electron chi connectivity index (χ0n) is 14.7. The van der Waals surface area contributed by atoms with Crippen molar-refractivity contribution in [2.45, 2.75) is 13.5 Å². The smallest absolute Gasteiger partial charge is 0.260 e. The highest BCUT2D eigenvalue weighted by Crippen LogP contribution is 2.22. The predicted octanol–water partition coefficient (Wildman–Crippen LogP) is 3.81. The third-order valence-corrected chi connectivity index (χ3v) is 3.66. The topological polar surface area (TPSA) is 64.8 Å². The van der Waals surface area contributed by atoms with Crippen LogP contribution in [0.4, 0.5) is 0 Å². The number of likely N-dealkylation sites (N-methyl/N-ethyl adjacent to an activating group) is 1. The van der Waals surface area contributed by atoms with Gasteiger partial charge in [-0.15, -0.1) is 0 Å². The fourth-order valence-corrected chi connectivity index (χ4v) is 2.28. The van der Waals surface area contributed by atoms with E-state index in [0.29, 0.717) is 23.9 Å². The lowest BCUT2D eigenvalue weighted by Gasteiger charge is -2.16. The molecule has 0 atom stereocenters. The number of furan rings is 1. The second-order valence-corrected chi connectivity index (χ2v) is 5.79. The standard InChI is InChI=1S/C20H20N2O4/c1-15-6-7-18(25-15)13-22(2)20(23)14-24-16-8-10-17(11-9-16)26-19-5-3-4-12-21-19/h3-12H,13-14H2,1-2H3. The van der Waals surface area contributed by atoms with E-state index in [1.54, 1.807) is 48.5 Å². The molecule has 1 aromatic carbocycles. The number of pyridine rings is 1. The third-order valence-electron chi connectivity index (χ3n) is 3.66. The van der Waals surface area contributed by atoms with Gasteiger partial charge in [0.15, 0.2) is 6.61 Å². The van der Waals surface area contributed by atoms with Crippen LogP contribution in [0.3, 0.4) is 0 Å². The quantitative estimate of drug-likeness (QED) is 0.647. The summed E-state index contributed by atoms with van der Waals surface area (Å²) >= 11 is 0. The molecule has 0 saturated carbocycles. The Morgan fingerprint density at radius 2 is 1.85 bits per heavy atom. The van der Waals surface area contributed by atoms with Gasteiger partial charge >= 0.3 is 0 Å². The summed E-state index contributed by atoms with van der Waals surface area (Å²) in [5, 5.41) is 0. The highest BCUT2D eigenvalue weighted by Gasteiger charge is 2.12. The first kappa shape index (κ1) is 17.5. The van der Waals surface area contributed by atoms with Gasteiger partial charge in [-0.2, -0.15) is 0 Å². The van der Waals surface area contributed by atoms with Crippen molar-refractivity contribution in [3.63, 3.8) is 0 Å². The molecule has 0 fully saturated rings. The van der Waals surface area contributed by atoms with Crippen molar-refractivity contribution in [1.82, 2.24) is 9.88 Å². The molecule has 3 aromatic rings. The maximum absolute atomic E-state index is 12.2. The Bertz CT molecular complexity index is 844. The molecule has 0 aliphatic heterocycles. The minimum Gasteiger partial charge on any atom is -0.484 e. The zero-order valence-corrected chi connectivity index (χ0v) is 14.7. The molecule has 26 heavy (non-hydrogen) atoms. The van der Waals surface area contributed by atoms with Gasteiger partial charge < -0.3 is 18.8 Å². The van der Waals surface area contributed by atoms with Gasteiger partial charge in [-0.05, 0) is 49.4 Å². The summed E-state index contributed by atoms with van der Waals surface area (Å²) in [6.07, 6.45) is 1.67. The lowest BCUT2D eigenvalue weighted by atomic mass is 10.3. The zero-order chi connectivity index (χ0) is 18.4. The van der Waals surface area contributed by atoms with Crippen molar-refractivity contribution < 1.29 is 18.7 Å². The van der Waals surface area contributed by atoms with E-state index in [1.807, 2.05) is 31.2 Å². The van der Waals surface area contributed by atoms with Crippen LogP contribution in [0.25, 0.3) is 0 Å². The molecule has 0 spiro atoms. The molecular weight excluding hydrogens is 332 g/mol. The summed E-state index contributed by atoms with van der Waals surface area (Å²) in [6, 6.07) is 16.2. The molecule has 6 nitrogen and oxygen atoms in total. The predicted molar refractivity (Wildman–Crippen MR) is 96.2 cm³/mol. The monoisotopic (exact) mass is 352 g/mol. The van der Waals surface area contributed by atoms with Crippen LogP contribution in [0.1, 0.15) is 11.5 Å². The van der Waals surface area contributed by atoms with E-state index in [9.17, 15) is 4.79 Å². The Kier molecular flexibility index (Phi) is 5.53. The molecule has 0 aliphatic carbocycles. The number of carbonyl (C=O) groups is 1. The fourth-order valence-electron chi connectivity index (χ4n) is 2.28. The molecule has 0 N–H and O–H groups in total. The average molecular weight is 352 g/mol. The molecular formula is C20H20N2O4. The van der Waals surface area contributed by atoms with E-state index >= 15 is 0 Å². The minimum absolute atomic E-state index is 0.0450. The normalized spacial score (nSPS) is 10.4. The van der Waals surface area contributed by atoms with Crippen LogP contribution in [-0.2, 0) is 11.3 Å². The van der Waals surface area contributed by atoms with Crippen molar-refractivity contribution in [3.05, 3.63) is 72.3 Å². The summed E-state index contributed by atoms with van der Waals surface area (Å²) in [4.78, 5) is 17.8. The van der Waals surface area contributed by atoms with Gasteiger partial charge in [-0.25, -0.2) is 4.98 Å². The molecule has 2 aromatic heterocycles. The van der Waals surface area contributed by atoms with Crippen molar-refractivity contribution >= 4 is 5.91 Å². The van der Waals surface area contributed by atoms with Crippen molar-refractivity contribution in [2.75, 3.05) is 13.7 Å². The molecule has 3 rings (SSSR count). The lowest BCUT2D eigenvalue weighted by Crippen LogP contribution is -2.30. The third kappa shape index (κ3) is 4.86. The number of rotatable bonds is 7. The summed E-state index contributed by atoms with van der Waals surface area (Å²) < 4.78 is 16.6. The van der Waals surface area contributed by atoms with E-state index in [-0.39, 0.29) is 12.5 Å². The van der Waals surface area contributed by atoms with Gasteiger partial charge in [0.25, 0.3) is 5.91 Å². The highest BCUT2D eigenvalue weighted by atomic mass is 16.5. The average Bonchev–Trinajstić information content (AvgIpc) is 3.06. The van der Waals surface area contributed by atoms with Crippen molar-refractivity contribution in [3.8, 4) is 17.4 Å². The fraction of sp³-hybridized carbons (Fsp3) is 0.200. The molecule has 0 aliphatic rings. The number of carbonyl (C=O) groups excluding carboxylic acids is 1. The lowest BCUT2D eigenvalue weighted by molar-refractivity contribution is -0.132. The van der Waals surface area contributed by atoms with Crippen molar-refractivity contribution in [2.24, 2.45) is 0 Å². The second-order valence-electron chi connectivity index (χ2n) is 5.79. The SMILES string of the molecule is Cc1ccc(CN(C)C(=O)COc2ccc(Oc3ccccn3)cc2)o1. The van der Waals surface area contributed by atoms with Gasteiger partial charge in [-0.3, -0.25) is 4.79 Å². The van der Waals surface area contributed by atoms with Gasteiger partial charge in [0.2, 0.25) is 5.88 Å². The van der Waals surface area contributed by atoms with Crippen LogP contribution in [0, 0.1) is 6.92 Å². The number of hydrogen-bond donors (Lipinski definition) is 0. The molecule has 0 radical (unpaired) electrons. The van der Waals surface area contributed by atoms with E-state index in [2.05, 4.69) is 4.98 Å². The van der Waals surface area contributed by atoms with Crippen LogP contribution in [0.2, 0.25) is 0 Å². The molecule has 134 valence electrons. The number of benzene rings is 1. The molecule has 0 bridgehead atoms. The molecule has 0 unspecified atom stereocenters. The van der Waals surface area contributed by atoms with E-state index in [1.165, 1.54) is 0 Å². The van der Waals surface area contributed by atoms with Crippen LogP contribution >= 0.6 is 0 Å². The van der Waals surface area contributed by atoms with E-state index < -0.39 is 0 Å². The molecule has 0 saturated heterocycles. The van der Waals surface area contributed by atoms with Crippen LogP contribution in [-0.4, -0.2) is 29.4 Å². The first-order chi connectivity index (χ1) is 12.6. The number of hydrogen-bond acceptors (Lipinski definition) is 5. The molecule has 2 heterocycles. The van der Waals surface area contributed by atoms with Crippen LogP contribution < -0.4 is 9.47 Å². The number of aryl methyl sites for hydroxylation is 1.